The first-order valence-electron chi connectivity index (χ1n) is 12.3. The summed E-state index contributed by atoms with van der Waals surface area (Å²) < 4.78 is 0. The van der Waals surface area contributed by atoms with Gasteiger partial charge in [-0.05, 0) is 80.4 Å². The summed E-state index contributed by atoms with van der Waals surface area (Å²) in [6, 6.07) is 0.831. The highest BCUT2D eigenvalue weighted by atomic mass is 15.2. The summed E-state index contributed by atoms with van der Waals surface area (Å²) >= 11 is 0. The van der Waals surface area contributed by atoms with Gasteiger partial charge in [0.05, 0.1) is 0 Å². The minimum Gasteiger partial charge on any atom is -0.323 e. The van der Waals surface area contributed by atoms with Gasteiger partial charge in [-0.25, -0.2) is 0 Å². The molecule has 0 atom stereocenters. The third-order valence-corrected chi connectivity index (χ3v) is 3.97. The zero-order chi connectivity index (χ0) is 26.8. The topological polar surface area (TPSA) is 30.5 Å². The van der Waals surface area contributed by atoms with Crippen molar-refractivity contribution in [2.45, 2.75) is 73.3 Å². The van der Waals surface area contributed by atoms with Gasteiger partial charge in [-0.1, -0.05) is 39.7 Å². The number of hydrogen-bond acceptors (Lipinski definition) is 4. The van der Waals surface area contributed by atoms with Gasteiger partial charge in [0.1, 0.15) is 0 Å². The van der Waals surface area contributed by atoms with Crippen LogP contribution in [0, 0.1) is 0 Å². The van der Waals surface area contributed by atoms with Crippen molar-refractivity contribution in [1.82, 2.24) is 20.4 Å². The molecule has 196 valence electrons. The van der Waals surface area contributed by atoms with E-state index in [1.165, 1.54) is 64.0 Å². The lowest BCUT2D eigenvalue weighted by molar-refractivity contribution is 0.110. The van der Waals surface area contributed by atoms with E-state index in [4.69, 9.17) is 0 Å². The standard InChI is InChI=1S/C14H31N3.C4H8.C2H7N.C2H6.3C2H4/c1-4-6-10-17(13-9-15-3)14-7-11-16(5-2)12-8-14;1-4(2)3;1-3-2;4*1-2/h14-15H,4-13H2,1-3H3;1H2,2-3H3;3H,1-2H3;1-2H3;3*1-2H2. The Morgan fingerprint density at radius 3 is 1.53 bits per heavy atom. The van der Waals surface area contributed by atoms with E-state index in [1.807, 2.05) is 41.8 Å². The molecule has 0 bridgehead atoms. The summed E-state index contributed by atoms with van der Waals surface area (Å²) in [5.74, 6) is 0. The Bertz CT molecular complexity index is 283. The van der Waals surface area contributed by atoms with Gasteiger partial charge in [0, 0.05) is 19.1 Å². The highest BCUT2D eigenvalue weighted by Gasteiger charge is 2.22. The largest absolute Gasteiger partial charge is 0.323 e. The fourth-order valence-corrected chi connectivity index (χ4v) is 2.69. The second-order valence-electron chi connectivity index (χ2n) is 6.87. The summed E-state index contributed by atoms with van der Waals surface area (Å²) in [7, 11) is 5.80. The van der Waals surface area contributed by atoms with E-state index in [9.17, 15) is 0 Å². The number of nitrogens with zero attached hydrogens (tertiary/aromatic N) is 2. The number of likely N-dealkylation sites (tertiary alicyclic amines) is 1. The van der Waals surface area contributed by atoms with E-state index in [0.717, 1.165) is 12.6 Å². The Kier molecular flexibility index (Phi) is 66.1. The second-order valence-corrected chi connectivity index (χ2v) is 6.87. The Labute approximate surface area is 205 Å². The molecule has 0 aromatic heterocycles. The average Bonchev–Trinajstić information content (AvgIpc) is 2.85. The van der Waals surface area contributed by atoms with Gasteiger partial charge >= 0.3 is 0 Å². The smallest absolute Gasteiger partial charge is 0.0120 e. The van der Waals surface area contributed by atoms with E-state index in [1.54, 1.807) is 0 Å². The summed E-state index contributed by atoms with van der Waals surface area (Å²) in [4.78, 5) is 5.29. The maximum absolute atomic E-state index is 3.56. The van der Waals surface area contributed by atoms with Gasteiger partial charge in [0.2, 0.25) is 0 Å². The number of rotatable bonds is 8. The van der Waals surface area contributed by atoms with Gasteiger partial charge in [-0.15, -0.1) is 46.1 Å². The molecule has 1 aliphatic rings. The molecule has 1 fully saturated rings. The predicted octanol–water partition coefficient (Wildman–Crippen LogP) is 6.64. The summed E-state index contributed by atoms with van der Waals surface area (Å²) in [6.07, 6.45) is 5.38. The maximum atomic E-state index is 3.56. The van der Waals surface area contributed by atoms with Crippen molar-refractivity contribution in [3.8, 4) is 0 Å². The Morgan fingerprint density at radius 1 is 0.875 bits per heavy atom. The number of unbranched alkanes of at least 4 members (excludes halogenated alkanes) is 1. The first-order chi connectivity index (χ1) is 15.5. The molecule has 0 aromatic carbocycles. The molecule has 0 aromatic rings. The lowest BCUT2D eigenvalue weighted by Gasteiger charge is -2.38. The van der Waals surface area contributed by atoms with Crippen molar-refractivity contribution >= 4 is 0 Å². The van der Waals surface area contributed by atoms with Crippen molar-refractivity contribution in [1.29, 1.82) is 0 Å². The first-order valence-corrected chi connectivity index (χ1v) is 12.3. The van der Waals surface area contributed by atoms with Crippen molar-refractivity contribution in [2.75, 3.05) is 60.4 Å². The third kappa shape index (κ3) is 42.8. The monoisotopic (exact) mass is 457 g/mol. The van der Waals surface area contributed by atoms with Crippen LogP contribution in [0.1, 0.15) is 67.2 Å². The Hall–Kier alpha value is -1.20. The lowest BCUT2D eigenvalue weighted by atomic mass is 10.0. The minimum atomic E-state index is 0.831. The van der Waals surface area contributed by atoms with Crippen LogP contribution in [0.25, 0.3) is 0 Å². The maximum Gasteiger partial charge on any atom is 0.0120 e. The number of likely N-dealkylation sites (N-methyl/N-ethyl adjacent to an activating group) is 1. The molecule has 0 spiro atoms. The van der Waals surface area contributed by atoms with Crippen molar-refractivity contribution in [2.24, 2.45) is 0 Å². The molecule has 0 saturated carbocycles. The molecule has 2 N–H and O–H groups in total. The first kappa shape index (κ1) is 44.5. The summed E-state index contributed by atoms with van der Waals surface area (Å²) in [6.45, 7) is 41.5. The van der Waals surface area contributed by atoms with E-state index in [0.29, 0.717) is 0 Å². The van der Waals surface area contributed by atoms with Crippen LogP contribution in [0.2, 0.25) is 0 Å². The molecular weight excluding hydrogens is 392 g/mol. The highest BCUT2D eigenvalue weighted by Crippen LogP contribution is 2.16. The van der Waals surface area contributed by atoms with Gasteiger partial charge < -0.3 is 15.5 Å². The molecule has 1 aliphatic heterocycles. The van der Waals surface area contributed by atoms with Gasteiger partial charge in [0.25, 0.3) is 0 Å². The summed E-state index contributed by atoms with van der Waals surface area (Å²) in [5.41, 5.74) is 1.17. The van der Waals surface area contributed by atoms with Crippen LogP contribution in [-0.4, -0.2) is 76.3 Å². The molecule has 1 heterocycles. The molecule has 1 rings (SSSR count). The van der Waals surface area contributed by atoms with Crippen molar-refractivity contribution in [3.63, 3.8) is 0 Å². The molecular formula is C28H64N4. The lowest BCUT2D eigenvalue weighted by Crippen LogP contribution is -2.46. The van der Waals surface area contributed by atoms with Crippen LogP contribution in [0.3, 0.4) is 0 Å². The number of piperidine rings is 1. The fraction of sp³-hybridized carbons (Fsp3) is 0.714. The van der Waals surface area contributed by atoms with Crippen LogP contribution in [0.15, 0.2) is 51.6 Å². The Morgan fingerprint density at radius 2 is 1.25 bits per heavy atom. The molecule has 0 unspecified atom stereocenters. The molecule has 0 aliphatic carbocycles. The molecule has 32 heavy (non-hydrogen) atoms. The van der Waals surface area contributed by atoms with E-state index < -0.39 is 0 Å². The molecule has 4 heteroatoms. The van der Waals surface area contributed by atoms with Gasteiger partial charge in [-0.3, -0.25) is 4.90 Å². The van der Waals surface area contributed by atoms with Crippen LogP contribution in [-0.2, 0) is 0 Å². The zero-order valence-electron chi connectivity index (χ0n) is 24.0. The van der Waals surface area contributed by atoms with Crippen LogP contribution in [0.5, 0.6) is 0 Å². The number of nitrogens with one attached hydrogen (secondary N) is 2. The van der Waals surface area contributed by atoms with Crippen molar-refractivity contribution in [3.05, 3.63) is 51.6 Å². The highest BCUT2D eigenvalue weighted by molar-refractivity contribution is 4.80. The average molecular weight is 457 g/mol. The van der Waals surface area contributed by atoms with Crippen LogP contribution < -0.4 is 10.6 Å². The quantitative estimate of drug-likeness (QED) is 0.401. The van der Waals surface area contributed by atoms with Crippen LogP contribution >= 0.6 is 0 Å². The normalized spacial score (nSPS) is 12.1. The molecule has 0 radical (unpaired) electrons. The molecule has 4 nitrogen and oxygen atoms in total. The van der Waals surface area contributed by atoms with E-state index in [2.05, 4.69) is 87.4 Å². The minimum absolute atomic E-state index is 0.831. The van der Waals surface area contributed by atoms with E-state index >= 15 is 0 Å². The zero-order valence-corrected chi connectivity index (χ0v) is 24.0. The second kappa shape index (κ2) is 47.5. The van der Waals surface area contributed by atoms with E-state index in [-0.39, 0.29) is 0 Å². The Balaban J connectivity index is -0.0000000938. The third-order valence-electron chi connectivity index (χ3n) is 3.97. The summed E-state index contributed by atoms with van der Waals surface area (Å²) in [5, 5.41) is 6.03. The molecule has 1 saturated heterocycles. The molecule has 0 amide bonds. The van der Waals surface area contributed by atoms with Gasteiger partial charge in [-0.2, -0.15) is 0 Å². The van der Waals surface area contributed by atoms with Crippen LogP contribution in [0.4, 0.5) is 0 Å². The van der Waals surface area contributed by atoms with Crippen molar-refractivity contribution < 1.29 is 0 Å². The van der Waals surface area contributed by atoms with Gasteiger partial charge in [0.15, 0.2) is 0 Å². The number of hydrogen-bond donors (Lipinski definition) is 2. The SMILES string of the molecule is C=C.C=C.C=C.C=C(C)C.CC.CCCCN(CCNC)C1CCN(CC)CC1.CNC. The predicted molar refractivity (Wildman–Crippen MR) is 156 cm³/mol. The fourth-order valence-electron chi connectivity index (χ4n) is 2.69. The number of allylic oxidation sites excluding steroid dienone is 1.